The van der Waals surface area contributed by atoms with Gasteiger partial charge in [-0.15, -0.1) is 10.2 Å². The molecule has 1 amide bonds. The van der Waals surface area contributed by atoms with Crippen LogP contribution in [0.5, 0.6) is 0 Å². The van der Waals surface area contributed by atoms with Crippen molar-refractivity contribution in [3.8, 4) is 17.1 Å². The van der Waals surface area contributed by atoms with Gasteiger partial charge in [-0.25, -0.2) is 0 Å². The lowest BCUT2D eigenvalue weighted by molar-refractivity contribution is -0.116. The molecule has 5 rings (SSSR count). The number of hydrogen-bond acceptors (Lipinski definition) is 4. The molecule has 0 saturated carbocycles. The summed E-state index contributed by atoms with van der Waals surface area (Å²) in [5, 5.41) is 9.70. The molecule has 166 valence electrons. The Bertz CT molecular complexity index is 1280. The van der Waals surface area contributed by atoms with Gasteiger partial charge in [-0.3, -0.25) is 9.36 Å². The lowest BCUT2D eigenvalue weighted by Gasteiger charge is -2.29. The van der Waals surface area contributed by atoms with E-state index in [1.165, 1.54) is 28.5 Å². The number of aryl methyl sites for hydroxylation is 3. The first kappa shape index (κ1) is 21.5. The number of rotatable bonds is 5. The molecule has 2 heterocycles. The second kappa shape index (κ2) is 9.24. The minimum Gasteiger partial charge on any atom is -0.311 e. The van der Waals surface area contributed by atoms with Crippen molar-refractivity contribution in [3.05, 3.63) is 89.5 Å². The highest BCUT2D eigenvalue weighted by molar-refractivity contribution is 7.99. The van der Waals surface area contributed by atoms with E-state index in [-0.39, 0.29) is 5.91 Å². The molecule has 0 radical (unpaired) electrons. The number of anilines is 1. The summed E-state index contributed by atoms with van der Waals surface area (Å²) in [5.41, 5.74) is 6.65. The van der Waals surface area contributed by atoms with Crippen LogP contribution in [-0.4, -0.2) is 33.0 Å². The predicted octanol–water partition coefficient (Wildman–Crippen LogP) is 5.62. The van der Waals surface area contributed by atoms with Crippen molar-refractivity contribution >= 4 is 23.4 Å². The number of hydrogen-bond donors (Lipinski definition) is 0. The van der Waals surface area contributed by atoms with Gasteiger partial charge in [0.2, 0.25) is 5.91 Å². The van der Waals surface area contributed by atoms with Crippen molar-refractivity contribution in [1.82, 2.24) is 14.8 Å². The van der Waals surface area contributed by atoms with E-state index in [2.05, 4.69) is 78.6 Å². The van der Waals surface area contributed by atoms with Crippen LogP contribution in [0.15, 0.2) is 78.0 Å². The Morgan fingerprint density at radius 3 is 2.36 bits per heavy atom. The summed E-state index contributed by atoms with van der Waals surface area (Å²) in [4.78, 5) is 15.1. The van der Waals surface area contributed by atoms with E-state index in [0.29, 0.717) is 10.9 Å². The molecule has 6 heteroatoms. The van der Waals surface area contributed by atoms with E-state index in [0.717, 1.165) is 42.1 Å². The molecule has 0 N–H and O–H groups in total. The average molecular weight is 455 g/mol. The molecule has 0 fully saturated rings. The summed E-state index contributed by atoms with van der Waals surface area (Å²) >= 11 is 1.44. The number of carbonyl (C=O) groups is 1. The van der Waals surface area contributed by atoms with Crippen LogP contribution in [-0.2, 0) is 11.2 Å². The number of nitrogens with zero attached hydrogens (tertiary/aromatic N) is 4. The van der Waals surface area contributed by atoms with Crippen molar-refractivity contribution in [2.24, 2.45) is 0 Å². The zero-order chi connectivity index (χ0) is 22.8. The molecule has 0 atom stereocenters. The number of fused-ring (bicyclic) bond motifs is 1. The SMILES string of the molecule is Cc1ccc(-c2nnc(SCC(=O)N3CCCc4ccccc43)n2-c2ccc(C)cc2)cc1. The van der Waals surface area contributed by atoms with Crippen molar-refractivity contribution in [2.45, 2.75) is 31.8 Å². The molecule has 1 aliphatic rings. The molecule has 0 aliphatic carbocycles. The van der Waals surface area contributed by atoms with Crippen LogP contribution < -0.4 is 4.90 Å². The first-order valence-corrected chi connectivity index (χ1v) is 12.2. The van der Waals surface area contributed by atoms with E-state index in [1.807, 2.05) is 27.7 Å². The minimum atomic E-state index is 0.0995. The molecule has 1 aromatic heterocycles. The molecular formula is C27H26N4OS. The third-order valence-corrected chi connectivity index (χ3v) is 6.89. The van der Waals surface area contributed by atoms with Gasteiger partial charge in [0.1, 0.15) is 0 Å². The van der Waals surface area contributed by atoms with E-state index in [4.69, 9.17) is 0 Å². The maximum absolute atomic E-state index is 13.2. The largest absolute Gasteiger partial charge is 0.311 e. The van der Waals surface area contributed by atoms with Crippen molar-refractivity contribution in [2.75, 3.05) is 17.2 Å². The Labute approximate surface area is 198 Å². The normalized spacial score (nSPS) is 13.1. The highest BCUT2D eigenvalue weighted by Crippen LogP contribution is 2.31. The van der Waals surface area contributed by atoms with Gasteiger partial charge in [0.15, 0.2) is 11.0 Å². The summed E-state index contributed by atoms with van der Waals surface area (Å²) in [7, 11) is 0. The maximum Gasteiger partial charge on any atom is 0.237 e. The fraction of sp³-hybridized carbons (Fsp3) is 0.222. The third kappa shape index (κ3) is 4.44. The standard InChI is InChI=1S/C27H26N4OS/c1-19-9-13-22(14-10-19)26-28-29-27(31(26)23-15-11-20(2)12-16-23)33-18-25(32)30-17-5-7-21-6-3-4-8-24(21)30/h3-4,6,8-16H,5,7,17-18H2,1-2H3. The second-order valence-electron chi connectivity index (χ2n) is 8.41. The lowest BCUT2D eigenvalue weighted by atomic mass is 10.0. The average Bonchev–Trinajstić information content (AvgIpc) is 3.27. The fourth-order valence-electron chi connectivity index (χ4n) is 4.18. The number of aromatic nitrogens is 3. The van der Waals surface area contributed by atoms with E-state index < -0.39 is 0 Å². The Balaban J connectivity index is 1.44. The van der Waals surface area contributed by atoms with Crippen LogP contribution >= 0.6 is 11.8 Å². The smallest absolute Gasteiger partial charge is 0.237 e. The number of carbonyl (C=O) groups excluding carboxylic acids is 1. The molecule has 33 heavy (non-hydrogen) atoms. The van der Waals surface area contributed by atoms with Gasteiger partial charge in [-0.05, 0) is 50.5 Å². The number of benzene rings is 3. The van der Waals surface area contributed by atoms with Crippen LogP contribution in [0.3, 0.4) is 0 Å². The van der Waals surface area contributed by atoms with Crippen LogP contribution in [0, 0.1) is 13.8 Å². The highest BCUT2D eigenvalue weighted by atomic mass is 32.2. The van der Waals surface area contributed by atoms with E-state index >= 15 is 0 Å². The molecule has 4 aromatic rings. The molecule has 0 saturated heterocycles. The maximum atomic E-state index is 13.2. The number of amides is 1. The zero-order valence-electron chi connectivity index (χ0n) is 18.9. The molecule has 0 bridgehead atoms. The third-order valence-electron chi connectivity index (χ3n) is 5.97. The van der Waals surface area contributed by atoms with Gasteiger partial charge in [-0.1, -0.05) is 77.5 Å². The Morgan fingerprint density at radius 2 is 1.61 bits per heavy atom. The van der Waals surface area contributed by atoms with Gasteiger partial charge >= 0.3 is 0 Å². The number of para-hydroxylation sites is 1. The van der Waals surface area contributed by atoms with Crippen LogP contribution in [0.25, 0.3) is 17.1 Å². The van der Waals surface area contributed by atoms with Gasteiger partial charge in [0, 0.05) is 23.5 Å². The summed E-state index contributed by atoms with van der Waals surface area (Å²) in [6, 6.07) is 24.8. The minimum absolute atomic E-state index is 0.0995. The van der Waals surface area contributed by atoms with Crippen LogP contribution in [0.2, 0.25) is 0 Å². The summed E-state index contributed by atoms with van der Waals surface area (Å²) in [6.07, 6.45) is 2.01. The Kier molecular flexibility index (Phi) is 6.01. The second-order valence-corrected chi connectivity index (χ2v) is 9.35. The summed E-state index contributed by atoms with van der Waals surface area (Å²) in [5.74, 6) is 1.19. The fourth-order valence-corrected chi connectivity index (χ4v) is 5.00. The Hall–Kier alpha value is -3.38. The van der Waals surface area contributed by atoms with Gasteiger partial charge in [0.25, 0.3) is 0 Å². The van der Waals surface area contributed by atoms with E-state index in [1.54, 1.807) is 0 Å². The van der Waals surface area contributed by atoms with Crippen LogP contribution in [0.4, 0.5) is 5.69 Å². The summed E-state index contributed by atoms with van der Waals surface area (Å²) < 4.78 is 2.05. The van der Waals surface area contributed by atoms with Gasteiger partial charge in [0.05, 0.1) is 5.75 Å². The first-order valence-electron chi connectivity index (χ1n) is 11.2. The predicted molar refractivity (Wildman–Crippen MR) is 134 cm³/mol. The molecular weight excluding hydrogens is 428 g/mol. The Morgan fingerprint density at radius 1 is 0.909 bits per heavy atom. The monoisotopic (exact) mass is 454 g/mol. The molecule has 3 aromatic carbocycles. The van der Waals surface area contributed by atoms with E-state index in [9.17, 15) is 4.79 Å². The zero-order valence-corrected chi connectivity index (χ0v) is 19.7. The van der Waals surface area contributed by atoms with Crippen LogP contribution in [0.1, 0.15) is 23.1 Å². The molecule has 1 aliphatic heterocycles. The topological polar surface area (TPSA) is 51.0 Å². The van der Waals surface area contributed by atoms with Crippen molar-refractivity contribution in [1.29, 1.82) is 0 Å². The summed E-state index contributed by atoms with van der Waals surface area (Å²) in [6.45, 7) is 4.90. The van der Waals surface area contributed by atoms with Crippen molar-refractivity contribution in [3.63, 3.8) is 0 Å². The number of thioether (sulfide) groups is 1. The van der Waals surface area contributed by atoms with Crippen molar-refractivity contribution < 1.29 is 4.79 Å². The molecule has 0 unspecified atom stereocenters. The first-order chi connectivity index (χ1) is 16.1. The molecule has 0 spiro atoms. The van der Waals surface area contributed by atoms with Gasteiger partial charge in [-0.2, -0.15) is 0 Å². The van der Waals surface area contributed by atoms with Gasteiger partial charge < -0.3 is 4.90 Å². The quantitative estimate of drug-likeness (QED) is 0.367. The molecule has 5 nitrogen and oxygen atoms in total. The lowest BCUT2D eigenvalue weighted by Crippen LogP contribution is -2.36. The highest BCUT2D eigenvalue weighted by Gasteiger charge is 2.24.